The summed E-state index contributed by atoms with van der Waals surface area (Å²) in [4.78, 5) is 16.0. The summed E-state index contributed by atoms with van der Waals surface area (Å²) >= 11 is 1.16. The summed E-state index contributed by atoms with van der Waals surface area (Å²) in [5.41, 5.74) is 1.81. The Hall–Kier alpha value is -2.39. The molecule has 0 spiro atoms. The Morgan fingerprint density at radius 1 is 1.53 bits per heavy atom. The zero-order valence-corrected chi connectivity index (χ0v) is 10.5. The predicted octanol–water partition coefficient (Wildman–Crippen LogP) is 2.31. The van der Waals surface area contributed by atoms with E-state index in [-0.39, 0.29) is 5.01 Å². The van der Waals surface area contributed by atoms with E-state index in [1.54, 1.807) is 18.2 Å². The fourth-order valence-electron chi connectivity index (χ4n) is 1.99. The lowest BCUT2D eigenvalue weighted by atomic mass is 10.1. The second-order valence-electron chi connectivity index (χ2n) is 4.02. The third kappa shape index (κ3) is 1.94. The Bertz CT molecular complexity index is 715. The molecule has 0 amide bonds. The third-order valence-electron chi connectivity index (χ3n) is 2.83. The van der Waals surface area contributed by atoms with Crippen molar-refractivity contribution >= 4 is 17.3 Å². The average Bonchev–Trinajstić information content (AvgIpc) is 2.76. The van der Waals surface area contributed by atoms with Crippen LogP contribution in [0.4, 0.5) is 0 Å². The van der Waals surface area contributed by atoms with E-state index >= 15 is 0 Å². The number of aromatic nitrogens is 1. The molecule has 0 saturated heterocycles. The molecule has 1 aromatic carbocycles. The number of hydrogen-bond donors (Lipinski definition) is 1. The summed E-state index contributed by atoms with van der Waals surface area (Å²) in [5.74, 6) is -0.392. The SMILES string of the molecule is N#Cc1ccc2c(c1)-c1nc(C(=O)O)sc1CCO2. The van der Waals surface area contributed by atoms with Crippen LogP contribution in [0.5, 0.6) is 5.75 Å². The van der Waals surface area contributed by atoms with E-state index in [4.69, 9.17) is 15.1 Å². The van der Waals surface area contributed by atoms with Gasteiger partial charge in [0.1, 0.15) is 5.75 Å². The Labute approximate surface area is 112 Å². The maximum atomic E-state index is 11.0. The molecular weight excluding hydrogens is 264 g/mol. The van der Waals surface area contributed by atoms with Gasteiger partial charge in [0.15, 0.2) is 0 Å². The molecule has 6 heteroatoms. The highest BCUT2D eigenvalue weighted by molar-refractivity contribution is 7.14. The topological polar surface area (TPSA) is 83.2 Å². The van der Waals surface area contributed by atoms with Crippen LogP contribution in [0.25, 0.3) is 11.3 Å². The number of benzene rings is 1. The number of nitriles is 1. The van der Waals surface area contributed by atoms with Crippen molar-refractivity contribution in [2.75, 3.05) is 6.61 Å². The number of aromatic carboxylic acids is 1. The number of carboxylic acid groups (broad SMARTS) is 1. The predicted molar refractivity (Wildman–Crippen MR) is 68.4 cm³/mol. The van der Waals surface area contributed by atoms with E-state index in [0.29, 0.717) is 35.6 Å². The van der Waals surface area contributed by atoms with Gasteiger partial charge in [-0.25, -0.2) is 9.78 Å². The minimum atomic E-state index is -1.03. The number of nitrogens with zero attached hydrogens (tertiary/aromatic N) is 2. The van der Waals surface area contributed by atoms with Crippen LogP contribution in [0.1, 0.15) is 20.2 Å². The lowest BCUT2D eigenvalue weighted by molar-refractivity contribution is 0.0696. The third-order valence-corrected chi connectivity index (χ3v) is 3.93. The molecule has 94 valence electrons. The minimum absolute atomic E-state index is 0.0696. The van der Waals surface area contributed by atoms with E-state index in [9.17, 15) is 4.79 Å². The van der Waals surface area contributed by atoms with Gasteiger partial charge in [-0.1, -0.05) is 0 Å². The highest BCUT2D eigenvalue weighted by Gasteiger charge is 2.22. The highest BCUT2D eigenvalue weighted by Crippen LogP contribution is 2.37. The number of rotatable bonds is 1. The van der Waals surface area contributed by atoms with E-state index in [2.05, 4.69) is 11.1 Å². The summed E-state index contributed by atoms with van der Waals surface area (Å²) in [5, 5.41) is 18.0. The first kappa shape index (κ1) is 11.7. The molecule has 0 unspecified atom stereocenters. The van der Waals surface area contributed by atoms with Crippen molar-refractivity contribution in [3.8, 4) is 23.1 Å². The molecule has 0 aliphatic carbocycles. The van der Waals surface area contributed by atoms with Crippen molar-refractivity contribution in [2.24, 2.45) is 0 Å². The summed E-state index contributed by atoms with van der Waals surface area (Å²) in [6.07, 6.45) is 0.622. The van der Waals surface area contributed by atoms with Crippen molar-refractivity contribution in [1.82, 2.24) is 4.98 Å². The van der Waals surface area contributed by atoms with Gasteiger partial charge < -0.3 is 9.84 Å². The van der Waals surface area contributed by atoms with E-state index in [1.165, 1.54) is 0 Å². The molecule has 0 atom stereocenters. The number of carbonyl (C=O) groups is 1. The lowest BCUT2D eigenvalue weighted by Crippen LogP contribution is -1.98. The molecule has 1 N–H and O–H groups in total. The number of carboxylic acids is 1. The molecule has 1 aliphatic rings. The highest BCUT2D eigenvalue weighted by atomic mass is 32.1. The summed E-state index contributed by atoms with van der Waals surface area (Å²) in [6.45, 7) is 0.479. The van der Waals surface area contributed by atoms with Crippen LogP contribution in [0.2, 0.25) is 0 Å². The average molecular weight is 272 g/mol. The lowest BCUT2D eigenvalue weighted by Gasteiger charge is -2.06. The zero-order valence-electron chi connectivity index (χ0n) is 9.71. The number of thiazole rings is 1. The van der Waals surface area contributed by atoms with Gasteiger partial charge in [-0.3, -0.25) is 0 Å². The van der Waals surface area contributed by atoms with Crippen LogP contribution < -0.4 is 4.74 Å². The van der Waals surface area contributed by atoms with Crippen LogP contribution in [0, 0.1) is 11.3 Å². The molecule has 3 rings (SSSR count). The van der Waals surface area contributed by atoms with Crippen molar-refractivity contribution < 1.29 is 14.6 Å². The smallest absolute Gasteiger partial charge is 0.365 e. The number of fused-ring (bicyclic) bond motifs is 3. The monoisotopic (exact) mass is 272 g/mol. The Kier molecular flexibility index (Phi) is 2.69. The normalized spacial score (nSPS) is 12.6. The van der Waals surface area contributed by atoms with Crippen LogP contribution in [0.15, 0.2) is 18.2 Å². The summed E-state index contributed by atoms with van der Waals surface area (Å²) < 4.78 is 5.60. The van der Waals surface area contributed by atoms with E-state index in [1.807, 2.05) is 0 Å². The van der Waals surface area contributed by atoms with Crippen LogP contribution >= 0.6 is 11.3 Å². The van der Waals surface area contributed by atoms with Gasteiger partial charge in [0.05, 0.1) is 23.9 Å². The quantitative estimate of drug-likeness (QED) is 0.861. The fourth-order valence-corrected chi connectivity index (χ4v) is 2.88. The van der Waals surface area contributed by atoms with Crippen LogP contribution in [0.3, 0.4) is 0 Å². The molecular formula is C13H8N2O3S. The zero-order chi connectivity index (χ0) is 13.4. The molecule has 2 heterocycles. The molecule has 0 radical (unpaired) electrons. The molecule has 1 aromatic heterocycles. The summed E-state index contributed by atoms with van der Waals surface area (Å²) in [7, 11) is 0. The van der Waals surface area contributed by atoms with Crippen molar-refractivity contribution in [1.29, 1.82) is 5.26 Å². The van der Waals surface area contributed by atoms with E-state index in [0.717, 1.165) is 16.2 Å². The van der Waals surface area contributed by atoms with Crippen molar-refractivity contribution in [2.45, 2.75) is 6.42 Å². The van der Waals surface area contributed by atoms with Gasteiger partial charge in [0, 0.05) is 16.9 Å². The molecule has 0 saturated carbocycles. The van der Waals surface area contributed by atoms with Gasteiger partial charge in [-0.2, -0.15) is 5.26 Å². The molecule has 1 aliphatic heterocycles. The van der Waals surface area contributed by atoms with Crippen LogP contribution in [-0.2, 0) is 6.42 Å². The maximum absolute atomic E-state index is 11.0. The number of ether oxygens (including phenoxy) is 1. The van der Waals surface area contributed by atoms with E-state index < -0.39 is 5.97 Å². The second kappa shape index (κ2) is 4.37. The molecule has 5 nitrogen and oxygen atoms in total. The standard InChI is InChI=1S/C13H8N2O3S/c14-6-7-1-2-9-8(5-7)11-10(3-4-18-9)19-12(15-11)13(16)17/h1-2,5H,3-4H2,(H,16,17). The first-order valence-electron chi connectivity index (χ1n) is 5.59. The van der Waals surface area contributed by atoms with Gasteiger partial charge >= 0.3 is 5.97 Å². The van der Waals surface area contributed by atoms with Crippen molar-refractivity contribution in [3.63, 3.8) is 0 Å². The molecule has 0 bridgehead atoms. The second-order valence-corrected chi connectivity index (χ2v) is 5.10. The maximum Gasteiger partial charge on any atom is 0.365 e. The fraction of sp³-hybridized carbons (Fsp3) is 0.154. The van der Waals surface area contributed by atoms with Gasteiger partial charge in [-0.05, 0) is 18.2 Å². The minimum Gasteiger partial charge on any atom is -0.493 e. The molecule has 0 fully saturated rings. The van der Waals surface area contributed by atoms with Crippen molar-refractivity contribution in [3.05, 3.63) is 33.6 Å². The van der Waals surface area contributed by atoms with Gasteiger partial charge in [0.25, 0.3) is 0 Å². The first-order valence-corrected chi connectivity index (χ1v) is 6.41. The Morgan fingerprint density at radius 3 is 3.11 bits per heavy atom. The molecule has 2 aromatic rings. The number of hydrogen-bond acceptors (Lipinski definition) is 5. The van der Waals surface area contributed by atoms with Gasteiger partial charge in [0.2, 0.25) is 5.01 Å². The first-order chi connectivity index (χ1) is 9.19. The largest absolute Gasteiger partial charge is 0.493 e. The Morgan fingerprint density at radius 2 is 2.37 bits per heavy atom. The van der Waals surface area contributed by atoms with Gasteiger partial charge in [-0.15, -0.1) is 11.3 Å². The van der Waals surface area contributed by atoms with Crippen LogP contribution in [-0.4, -0.2) is 22.7 Å². The summed E-state index contributed by atoms with van der Waals surface area (Å²) in [6, 6.07) is 7.15. The Balaban J connectivity index is 2.23. The molecule has 19 heavy (non-hydrogen) atoms.